The Labute approximate surface area is 222 Å². The molecular weight excluding hydrogens is 512 g/mol. The number of ketones is 1. The topological polar surface area (TPSA) is 89.0 Å². The number of hydrogen-bond acceptors (Lipinski definition) is 7. The van der Waals surface area contributed by atoms with Gasteiger partial charge in [0, 0.05) is 10.6 Å². The predicted molar refractivity (Wildman–Crippen MR) is 145 cm³/mol. The molecule has 0 radical (unpaired) electrons. The van der Waals surface area contributed by atoms with Crippen molar-refractivity contribution in [1.82, 2.24) is 4.98 Å². The molecular formula is C28H23ClN2O5S. The van der Waals surface area contributed by atoms with E-state index in [0.29, 0.717) is 44.9 Å². The molecule has 0 saturated carbocycles. The smallest absolute Gasteiger partial charge is 0.301 e. The van der Waals surface area contributed by atoms with Crippen molar-refractivity contribution in [3.05, 3.63) is 88.5 Å². The molecule has 2 heterocycles. The molecule has 1 aromatic heterocycles. The average Bonchev–Trinajstić information content (AvgIpc) is 3.44. The summed E-state index contributed by atoms with van der Waals surface area (Å²) in [5.41, 5.74) is 1.62. The Hall–Kier alpha value is -3.88. The summed E-state index contributed by atoms with van der Waals surface area (Å²) in [5, 5.41) is 12.2. The minimum absolute atomic E-state index is 0.0298. The first kappa shape index (κ1) is 24.8. The molecule has 1 N–H and O–H groups in total. The van der Waals surface area contributed by atoms with Crippen molar-refractivity contribution >= 4 is 55.7 Å². The van der Waals surface area contributed by atoms with E-state index in [1.165, 1.54) is 23.3 Å². The summed E-state index contributed by atoms with van der Waals surface area (Å²) in [6.07, 6.45) is 0.865. The molecule has 4 aromatic rings. The van der Waals surface area contributed by atoms with E-state index in [1.54, 1.807) is 66.7 Å². The van der Waals surface area contributed by atoms with Crippen LogP contribution in [0.3, 0.4) is 0 Å². The Balaban J connectivity index is 1.68. The molecule has 1 aliphatic heterocycles. The number of fused-ring (bicyclic) bond motifs is 1. The first-order chi connectivity index (χ1) is 17.9. The summed E-state index contributed by atoms with van der Waals surface area (Å²) in [6, 6.07) is 18.2. The van der Waals surface area contributed by atoms with E-state index < -0.39 is 17.7 Å². The number of methoxy groups -OCH3 is 1. The molecule has 0 spiro atoms. The van der Waals surface area contributed by atoms with E-state index in [9.17, 15) is 14.7 Å². The van der Waals surface area contributed by atoms with Crippen LogP contribution in [0, 0.1) is 0 Å². The van der Waals surface area contributed by atoms with Crippen molar-refractivity contribution in [2.75, 3.05) is 18.6 Å². The van der Waals surface area contributed by atoms with Crippen LogP contribution in [-0.2, 0) is 9.59 Å². The lowest BCUT2D eigenvalue weighted by atomic mass is 9.95. The number of thiazole rings is 1. The lowest BCUT2D eigenvalue weighted by Gasteiger charge is -2.23. The second kappa shape index (κ2) is 10.2. The van der Waals surface area contributed by atoms with Gasteiger partial charge in [0.25, 0.3) is 5.78 Å². The number of hydrogen-bond donors (Lipinski definition) is 1. The fourth-order valence-corrected chi connectivity index (χ4v) is 5.49. The van der Waals surface area contributed by atoms with Crippen molar-refractivity contribution in [3.8, 4) is 11.5 Å². The number of anilines is 1. The Kier molecular flexibility index (Phi) is 6.86. The zero-order valence-corrected chi connectivity index (χ0v) is 21.7. The van der Waals surface area contributed by atoms with Gasteiger partial charge < -0.3 is 14.6 Å². The van der Waals surface area contributed by atoms with Crippen LogP contribution in [-0.4, -0.2) is 35.5 Å². The van der Waals surface area contributed by atoms with Gasteiger partial charge in [0.2, 0.25) is 0 Å². The number of rotatable bonds is 7. The van der Waals surface area contributed by atoms with Gasteiger partial charge in [-0.3, -0.25) is 14.5 Å². The van der Waals surface area contributed by atoms with Crippen LogP contribution in [0.4, 0.5) is 5.13 Å². The quantitative estimate of drug-likeness (QED) is 0.168. The summed E-state index contributed by atoms with van der Waals surface area (Å²) in [5.74, 6) is -0.680. The van der Waals surface area contributed by atoms with E-state index >= 15 is 0 Å². The second-order valence-electron chi connectivity index (χ2n) is 8.43. The summed E-state index contributed by atoms with van der Waals surface area (Å²) >= 11 is 7.41. The van der Waals surface area contributed by atoms with Crippen LogP contribution >= 0.6 is 22.9 Å². The number of nitrogens with zero attached hydrogens (tertiary/aromatic N) is 2. The Morgan fingerprint density at radius 2 is 1.86 bits per heavy atom. The molecule has 1 aliphatic rings. The fraction of sp³-hybridized carbons (Fsp3) is 0.179. The molecule has 0 aliphatic carbocycles. The van der Waals surface area contributed by atoms with E-state index in [2.05, 4.69) is 4.98 Å². The molecule has 7 nitrogen and oxygen atoms in total. The number of ether oxygens (including phenoxy) is 2. The number of halogens is 1. The van der Waals surface area contributed by atoms with Crippen molar-refractivity contribution in [2.45, 2.75) is 19.4 Å². The highest BCUT2D eigenvalue weighted by Gasteiger charge is 2.48. The maximum Gasteiger partial charge on any atom is 0.301 e. The van der Waals surface area contributed by atoms with Crippen LogP contribution in [0.5, 0.6) is 11.5 Å². The zero-order chi connectivity index (χ0) is 26.1. The van der Waals surface area contributed by atoms with Crippen LogP contribution in [0.25, 0.3) is 16.0 Å². The summed E-state index contributed by atoms with van der Waals surface area (Å²) in [4.78, 5) is 32.8. The highest BCUT2D eigenvalue weighted by atomic mass is 35.5. The van der Waals surface area contributed by atoms with E-state index in [1.807, 2.05) is 6.92 Å². The molecule has 37 heavy (non-hydrogen) atoms. The van der Waals surface area contributed by atoms with Crippen molar-refractivity contribution in [3.63, 3.8) is 0 Å². The van der Waals surface area contributed by atoms with Gasteiger partial charge in [0.15, 0.2) is 5.13 Å². The minimum Gasteiger partial charge on any atom is -0.507 e. The van der Waals surface area contributed by atoms with E-state index in [0.717, 1.165) is 11.1 Å². The highest BCUT2D eigenvalue weighted by molar-refractivity contribution is 7.22. The summed E-state index contributed by atoms with van der Waals surface area (Å²) in [6.45, 7) is 2.59. The molecule has 1 unspecified atom stereocenters. The monoisotopic (exact) mass is 534 g/mol. The van der Waals surface area contributed by atoms with Gasteiger partial charge in [-0.05, 0) is 54.4 Å². The number of amides is 1. The first-order valence-corrected chi connectivity index (χ1v) is 12.8. The standard InChI is InChI=1S/C28H23ClN2O5S/c1-3-13-36-19-10-7-16(8-11-19)24-23(25(32)17-5-4-6-20(14-17)35-2)26(33)27(34)31(24)28-30-21-12-9-18(29)15-22(21)37-28/h4-12,14-15,24,32H,3,13H2,1-2H3/b25-23+. The Morgan fingerprint density at radius 1 is 1.08 bits per heavy atom. The molecule has 1 atom stereocenters. The molecule has 9 heteroatoms. The van der Waals surface area contributed by atoms with Crippen LogP contribution in [0.2, 0.25) is 5.02 Å². The Morgan fingerprint density at radius 3 is 2.59 bits per heavy atom. The molecule has 5 rings (SSSR count). The van der Waals surface area contributed by atoms with Crippen LogP contribution in [0.1, 0.15) is 30.5 Å². The lowest BCUT2D eigenvalue weighted by molar-refractivity contribution is -0.132. The van der Waals surface area contributed by atoms with Gasteiger partial charge in [0.1, 0.15) is 17.3 Å². The molecule has 188 valence electrons. The SMILES string of the molecule is CCCOc1ccc(C2/C(=C(\O)c3cccc(OC)c3)C(=O)C(=O)N2c2nc3ccc(Cl)cc3s2)cc1. The lowest BCUT2D eigenvalue weighted by Crippen LogP contribution is -2.29. The van der Waals surface area contributed by atoms with Crippen LogP contribution < -0.4 is 14.4 Å². The third-order valence-electron chi connectivity index (χ3n) is 6.00. The van der Waals surface area contributed by atoms with Gasteiger partial charge in [-0.2, -0.15) is 0 Å². The van der Waals surface area contributed by atoms with Gasteiger partial charge in [-0.25, -0.2) is 4.98 Å². The van der Waals surface area contributed by atoms with Gasteiger partial charge in [-0.15, -0.1) is 0 Å². The number of aliphatic hydroxyl groups is 1. The van der Waals surface area contributed by atoms with Crippen molar-refractivity contribution < 1.29 is 24.2 Å². The molecule has 1 amide bonds. The van der Waals surface area contributed by atoms with Crippen molar-refractivity contribution in [1.29, 1.82) is 0 Å². The van der Waals surface area contributed by atoms with Gasteiger partial charge >= 0.3 is 5.91 Å². The van der Waals surface area contributed by atoms with Crippen LogP contribution in [0.15, 0.2) is 72.3 Å². The number of benzene rings is 3. The maximum absolute atomic E-state index is 13.4. The number of carbonyl (C=O) groups is 2. The number of aromatic nitrogens is 1. The first-order valence-electron chi connectivity index (χ1n) is 11.7. The molecule has 1 fully saturated rings. The second-order valence-corrected chi connectivity index (χ2v) is 9.87. The fourth-order valence-electron chi connectivity index (χ4n) is 4.23. The zero-order valence-electron chi connectivity index (χ0n) is 20.1. The van der Waals surface area contributed by atoms with Gasteiger partial charge in [0.05, 0.1) is 35.5 Å². The third kappa shape index (κ3) is 4.65. The summed E-state index contributed by atoms with van der Waals surface area (Å²) in [7, 11) is 1.51. The normalized spacial score (nSPS) is 16.9. The largest absolute Gasteiger partial charge is 0.507 e. The van der Waals surface area contributed by atoms with E-state index in [4.69, 9.17) is 21.1 Å². The van der Waals surface area contributed by atoms with Crippen molar-refractivity contribution in [2.24, 2.45) is 0 Å². The van der Waals surface area contributed by atoms with Gasteiger partial charge in [-0.1, -0.05) is 54.1 Å². The molecule has 3 aromatic carbocycles. The highest BCUT2D eigenvalue weighted by Crippen LogP contribution is 2.45. The van der Waals surface area contributed by atoms with E-state index in [-0.39, 0.29) is 11.3 Å². The minimum atomic E-state index is -0.900. The predicted octanol–water partition coefficient (Wildman–Crippen LogP) is 6.37. The third-order valence-corrected chi connectivity index (χ3v) is 7.25. The maximum atomic E-state index is 13.4. The summed E-state index contributed by atoms with van der Waals surface area (Å²) < 4.78 is 11.8. The molecule has 0 bridgehead atoms. The number of carbonyl (C=O) groups excluding carboxylic acids is 2. The molecule has 1 saturated heterocycles. The average molecular weight is 535 g/mol. The number of Topliss-reactive ketones (excluding diaryl/α,β-unsaturated/α-hetero) is 1. The Bertz CT molecular complexity index is 1530. The number of aliphatic hydroxyl groups excluding tert-OH is 1.